The number of anilines is 1. The Kier molecular flexibility index (Phi) is 6.51. The van der Waals surface area contributed by atoms with E-state index in [0.717, 1.165) is 12.1 Å². The molecule has 2 rings (SSSR count). The van der Waals surface area contributed by atoms with Crippen LogP contribution in [0.4, 0.5) is 5.82 Å². The number of H-pyrrole nitrogens is 1. The van der Waals surface area contributed by atoms with E-state index in [0.29, 0.717) is 23.2 Å². The Labute approximate surface area is 149 Å². The van der Waals surface area contributed by atoms with Crippen molar-refractivity contribution in [3.05, 3.63) is 47.2 Å². The van der Waals surface area contributed by atoms with Crippen molar-refractivity contribution in [2.75, 3.05) is 5.32 Å². The van der Waals surface area contributed by atoms with Gasteiger partial charge in [-0.2, -0.15) is 5.10 Å². The highest BCUT2D eigenvalue weighted by Crippen LogP contribution is 2.15. The molecule has 0 radical (unpaired) electrons. The van der Waals surface area contributed by atoms with E-state index in [9.17, 15) is 9.59 Å². The summed E-state index contributed by atoms with van der Waals surface area (Å²) < 4.78 is 0. The minimum absolute atomic E-state index is 0.0175. The molecule has 0 saturated carbocycles. The first-order chi connectivity index (χ1) is 11.8. The molecular formula is C20H27N3O2. The molecule has 2 aromatic rings. The van der Waals surface area contributed by atoms with Gasteiger partial charge in [0.15, 0.2) is 11.6 Å². The molecule has 0 spiro atoms. The van der Waals surface area contributed by atoms with Crippen LogP contribution >= 0.6 is 0 Å². The first-order valence-electron chi connectivity index (χ1n) is 8.82. The van der Waals surface area contributed by atoms with E-state index in [-0.39, 0.29) is 24.5 Å². The van der Waals surface area contributed by atoms with Crippen LogP contribution < -0.4 is 5.32 Å². The summed E-state index contributed by atoms with van der Waals surface area (Å²) in [6, 6.07) is 9.49. The van der Waals surface area contributed by atoms with Crippen LogP contribution in [0.15, 0.2) is 30.3 Å². The average Bonchev–Trinajstić information content (AvgIpc) is 3.01. The van der Waals surface area contributed by atoms with Crippen molar-refractivity contribution in [1.29, 1.82) is 0 Å². The Hall–Kier alpha value is -2.43. The molecule has 0 atom stereocenters. The summed E-state index contributed by atoms with van der Waals surface area (Å²) in [5, 5.41) is 9.66. The number of carbonyl (C=O) groups excluding carboxylic acids is 2. The molecule has 5 nitrogen and oxygen atoms in total. The summed E-state index contributed by atoms with van der Waals surface area (Å²) >= 11 is 0. The smallest absolute Gasteiger partial charge is 0.226 e. The fourth-order valence-corrected chi connectivity index (χ4v) is 2.57. The lowest BCUT2D eigenvalue weighted by Gasteiger charge is -2.06. The Morgan fingerprint density at radius 3 is 2.32 bits per heavy atom. The van der Waals surface area contributed by atoms with Gasteiger partial charge in [-0.25, -0.2) is 0 Å². The average molecular weight is 341 g/mol. The fraction of sp³-hybridized carbons (Fsp3) is 0.450. The van der Waals surface area contributed by atoms with E-state index in [4.69, 9.17) is 0 Å². The molecular weight excluding hydrogens is 314 g/mol. The molecule has 2 N–H and O–H groups in total. The second-order valence-electron chi connectivity index (χ2n) is 7.13. The molecule has 0 fully saturated rings. The zero-order chi connectivity index (χ0) is 18.4. The van der Waals surface area contributed by atoms with Crippen LogP contribution in [0.5, 0.6) is 0 Å². The fourth-order valence-electron chi connectivity index (χ4n) is 2.57. The van der Waals surface area contributed by atoms with Gasteiger partial charge in [0.05, 0.1) is 0 Å². The van der Waals surface area contributed by atoms with E-state index in [2.05, 4.69) is 29.4 Å². The molecule has 0 unspecified atom stereocenters. The number of hydrogen-bond acceptors (Lipinski definition) is 3. The third-order valence-electron chi connectivity index (χ3n) is 3.99. The Bertz CT molecular complexity index is 715. The number of carbonyl (C=O) groups is 2. The second-order valence-corrected chi connectivity index (χ2v) is 7.13. The van der Waals surface area contributed by atoms with E-state index in [1.54, 1.807) is 0 Å². The van der Waals surface area contributed by atoms with Gasteiger partial charge in [0, 0.05) is 30.2 Å². The summed E-state index contributed by atoms with van der Waals surface area (Å²) in [7, 11) is 0. The maximum Gasteiger partial charge on any atom is 0.226 e. The number of nitrogens with zero attached hydrogens (tertiary/aromatic N) is 1. The number of ketones is 1. The van der Waals surface area contributed by atoms with Crippen molar-refractivity contribution in [3.8, 4) is 0 Å². The van der Waals surface area contributed by atoms with Crippen molar-refractivity contribution < 1.29 is 9.59 Å². The van der Waals surface area contributed by atoms with Gasteiger partial charge in [0.25, 0.3) is 0 Å². The van der Waals surface area contributed by atoms with Crippen LogP contribution in [0.25, 0.3) is 0 Å². The molecule has 1 aromatic heterocycles. The maximum absolute atomic E-state index is 12.2. The molecule has 5 heteroatoms. The minimum Gasteiger partial charge on any atom is -0.309 e. The molecule has 25 heavy (non-hydrogen) atoms. The number of hydrogen-bond donors (Lipinski definition) is 2. The lowest BCUT2D eigenvalue weighted by atomic mass is 9.99. The monoisotopic (exact) mass is 341 g/mol. The van der Waals surface area contributed by atoms with Crippen molar-refractivity contribution in [2.45, 2.75) is 52.9 Å². The first-order valence-corrected chi connectivity index (χ1v) is 8.82. The largest absolute Gasteiger partial charge is 0.309 e. The molecule has 0 saturated heterocycles. The molecule has 1 heterocycles. The topological polar surface area (TPSA) is 74.8 Å². The minimum atomic E-state index is -0.202. The second kappa shape index (κ2) is 8.60. The van der Waals surface area contributed by atoms with Gasteiger partial charge in [-0.05, 0) is 23.8 Å². The summed E-state index contributed by atoms with van der Waals surface area (Å²) in [6.07, 6.45) is 1.34. The number of aromatic amines is 1. The standard InChI is InChI=1S/C20H27N3O2/c1-13(2)11-15-5-7-16(8-6-15)18(24)9-10-20(25)21-19-12-17(14(3)4)22-23-19/h5-8,12-14H,9-11H2,1-4H3,(H2,21,22,23,25). The molecule has 0 aliphatic heterocycles. The molecule has 134 valence electrons. The quantitative estimate of drug-likeness (QED) is 0.702. The van der Waals surface area contributed by atoms with E-state index in [1.807, 2.05) is 44.2 Å². The van der Waals surface area contributed by atoms with Crippen LogP contribution in [-0.2, 0) is 11.2 Å². The normalized spacial score (nSPS) is 11.1. The third kappa shape index (κ3) is 5.85. The van der Waals surface area contributed by atoms with Gasteiger partial charge >= 0.3 is 0 Å². The SMILES string of the molecule is CC(C)Cc1ccc(C(=O)CCC(=O)Nc2cc(C(C)C)[nH]n2)cc1. The third-order valence-corrected chi connectivity index (χ3v) is 3.99. The first kappa shape index (κ1) is 18.9. The van der Waals surface area contributed by atoms with Gasteiger partial charge < -0.3 is 5.32 Å². The number of rotatable bonds is 8. The van der Waals surface area contributed by atoms with Crippen molar-refractivity contribution >= 4 is 17.5 Å². The van der Waals surface area contributed by atoms with Crippen molar-refractivity contribution in [2.24, 2.45) is 5.92 Å². The maximum atomic E-state index is 12.2. The van der Waals surface area contributed by atoms with Gasteiger partial charge in [-0.3, -0.25) is 14.7 Å². The Morgan fingerprint density at radius 1 is 1.08 bits per heavy atom. The zero-order valence-corrected chi connectivity index (χ0v) is 15.4. The molecule has 0 bridgehead atoms. The van der Waals surface area contributed by atoms with E-state index < -0.39 is 0 Å². The molecule has 0 aliphatic rings. The number of nitrogens with one attached hydrogen (secondary N) is 2. The molecule has 1 aromatic carbocycles. The lowest BCUT2D eigenvalue weighted by molar-refractivity contribution is -0.116. The number of Topliss-reactive ketones (excluding diaryl/α,β-unsaturated/α-hetero) is 1. The van der Waals surface area contributed by atoms with Crippen LogP contribution in [0.1, 0.15) is 68.1 Å². The molecule has 0 aliphatic carbocycles. The van der Waals surface area contributed by atoms with Gasteiger partial charge in [0.2, 0.25) is 5.91 Å². The van der Waals surface area contributed by atoms with Crippen molar-refractivity contribution in [3.63, 3.8) is 0 Å². The van der Waals surface area contributed by atoms with Gasteiger partial charge in [-0.1, -0.05) is 52.0 Å². The zero-order valence-electron chi connectivity index (χ0n) is 15.4. The van der Waals surface area contributed by atoms with Crippen LogP contribution in [0.2, 0.25) is 0 Å². The highest BCUT2D eigenvalue weighted by Gasteiger charge is 2.12. The van der Waals surface area contributed by atoms with E-state index in [1.165, 1.54) is 5.56 Å². The van der Waals surface area contributed by atoms with Crippen LogP contribution in [-0.4, -0.2) is 21.9 Å². The number of benzene rings is 1. The Morgan fingerprint density at radius 2 is 1.76 bits per heavy atom. The van der Waals surface area contributed by atoms with Gasteiger partial charge in [0.1, 0.15) is 0 Å². The summed E-state index contributed by atoms with van der Waals surface area (Å²) in [6.45, 7) is 8.43. The highest BCUT2D eigenvalue weighted by molar-refractivity contribution is 5.99. The number of amides is 1. The van der Waals surface area contributed by atoms with Crippen LogP contribution in [0, 0.1) is 5.92 Å². The predicted molar refractivity (Wildman–Crippen MR) is 99.9 cm³/mol. The molecule has 1 amide bonds. The van der Waals surface area contributed by atoms with E-state index >= 15 is 0 Å². The van der Waals surface area contributed by atoms with Crippen LogP contribution in [0.3, 0.4) is 0 Å². The number of aromatic nitrogens is 2. The predicted octanol–water partition coefficient (Wildman–Crippen LogP) is 4.33. The summed E-state index contributed by atoms with van der Waals surface area (Å²) in [5.41, 5.74) is 2.85. The lowest BCUT2D eigenvalue weighted by Crippen LogP contribution is -2.13. The van der Waals surface area contributed by atoms with Crippen molar-refractivity contribution in [1.82, 2.24) is 10.2 Å². The highest BCUT2D eigenvalue weighted by atomic mass is 16.2. The summed E-state index contributed by atoms with van der Waals surface area (Å²) in [5.74, 6) is 1.18. The Balaban J connectivity index is 1.83. The van der Waals surface area contributed by atoms with Gasteiger partial charge in [-0.15, -0.1) is 0 Å². The summed E-state index contributed by atoms with van der Waals surface area (Å²) in [4.78, 5) is 24.2.